The van der Waals surface area contributed by atoms with Crippen LogP contribution in [-0.4, -0.2) is 26.4 Å². The topological polar surface area (TPSA) is 54.1 Å². The van der Waals surface area contributed by atoms with Gasteiger partial charge < -0.3 is 9.47 Å². The van der Waals surface area contributed by atoms with Gasteiger partial charge in [-0.15, -0.1) is 0 Å². The minimum absolute atomic E-state index is 0.352. The fourth-order valence-corrected chi connectivity index (χ4v) is 7.12. The molecule has 0 saturated heterocycles. The Morgan fingerprint density at radius 1 is 0.760 bits per heavy atom. The lowest BCUT2D eigenvalue weighted by Crippen LogP contribution is -2.05. The molecule has 0 aliphatic heterocycles. The molecule has 3 aromatic heterocycles. The van der Waals surface area contributed by atoms with Crippen LogP contribution in [0.4, 0.5) is 0 Å². The van der Waals surface area contributed by atoms with Crippen LogP contribution >= 0.6 is 0 Å². The van der Waals surface area contributed by atoms with E-state index in [1.54, 1.807) is 13.3 Å². The minimum atomic E-state index is 0.352. The summed E-state index contributed by atoms with van der Waals surface area (Å²) in [6.45, 7) is 13.5. The maximum atomic E-state index is 6.58. The first-order valence-corrected chi connectivity index (χ1v) is 17.6. The van der Waals surface area contributed by atoms with Crippen molar-refractivity contribution < 1.29 is 9.47 Å². The van der Waals surface area contributed by atoms with Gasteiger partial charge in [0, 0.05) is 46.4 Å². The van der Waals surface area contributed by atoms with E-state index in [1.807, 2.05) is 41.1 Å². The molecule has 0 bridgehead atoms. The Balaban J connectivity index is 1.26. The molecule has 0 N–H and O–H groups in total. The van der Waals surface area contributed by atoms with E-state index in [-0.39, 0.29) is 0 Å². The summed E-state index contributed by atoms with van der Waals surface area (Å²) >= 11 is 0. The molecule has 0 amide bonds. The number of pyridine rings is 1. The number of nitrogens with zero attached hydrogens (tertiary/aromatic N) is 4. The first kappa shape index (κ1) is 33.2. The fraction of sp³-hybridized carbons (Fsp3) is 0.273. The molecule has 1 atom stereocenters. The highest BCUT2D eigenvalue weighted by Gasteiger charge is 2.19. The van der Waals surface area contributed by atoms with Crippen molar-refractivity contribution in [3.8, 4) is 39.9 Å². The summed E-state index contributed by atoms with van der Waals surface area (Å²) in [6.07, 6.45) is 5.41. The van der Waals surface area contributed by atoms with Crippen molar-refractivity contribution in [1.82, 2.24) is 19.3 Å². The number of hydrogen-bond donors (Lipinski definition) is 0. The second-order valence-corrected chi connectivity index (χ2v) is 14.6. The standard InChI is InChI=1S/C44H46N4O2/c1-29(13-12-23-44(4,5)6)33-18-21-40-39(25-33)38-20-19-37(27-41(38)47(40)42-28-35(49-7)22-24-45-42)50-36-17-11-16-34(26-36)48-31(3)43(30(2)46-48)32-14-9-8-10-15-32/h8-11,14-22,24-29H,12-13,23H2,1-7H3. The first-order valence-electron chi connectivity index (χ1n) is 17.6. The van der Waals surface area contributed by atoms with Crippen molar-refractivity contribution in [1.29, 1.82) is 0 Å². The minimum Gasteiger partial charge on any atom is -0.497 e. The molecule has 0 spiro atoms. The zero-order chi connectivity index (χ0) is 35.0. The monoisotopic (exact) mass is 662 g/mol. The average Bonchev–Trinajstić information content (AvgIpc) is 3.60. The Bertz CT molecular complexity index is 2290. The number of rotatable bonds is 10. The van der Waals surface area contributed by atoms with Crippen LogP contribution in [0.5, 0.6) is 17.2 Å². The maximum Gasteiger partial charge on any atom is 0.141 e. The molecule has 7 aromatic rings. The van der Waals surface area contributed by atoms with Crippen LogP contribution in [0.3, 0.4) is 0 Å². The van der Waals surface area contributed by atoms with Crippen molar-refractivity contribution in [3.63, 3.8) is 0 Å². The van der Waals surface area contributed by atoms with E-state index >= 15 is 0 Å². The van der Waals surface area contributed by atoms with E-state index in [9.17, 15) is 0 Å². The van der Waals surface area contributed by atoms with Crippen molar-refractivity contribution in [3.05, 3.63) is 126 Å². The van der Waals surface area contributed by atoms with E-state index < -0.39 is 0 Å². The van der Waals surface area contributed by atoms with Gasteiger partial charge in [-0.1, -0.05) is 76.6 Å². The van der Waals surface area contributed by atoms with Crippen LogP contribution in [0.1, 0.15) is 69.8 Å². The number of hydrogen-bond acceptors (Lipinski definition) is 4. The number of benzene rings is 4. The molecule has 1 unspecified atom stereocenters. The summed E-state index contributed by atoms with van der Waals surface area (Å²) in [5, 5.41) is 7.28. The third kappa shape index (κ3) is 6.62. The van der Waals surface area contributed by atoms with E-state index in [2.05, 4.69) is 113 Å². The van der Waals surface area contributed by atoms with Crippen molar-refractivity contribution >= 4 is 21.8 Å². The number of methoxy groups -OCH3 is 1. The molecule has 3 heterocycles. The van der Waals surface area contributed by atoms with E-state index in [1.165, 1.54) is 30.2 Å². The molecule has 0 aliphatic carbocycles. The maximum absolute atomic E-state index is 6.58. The molecule has 0 saturated carbocycles. The van der Waals surface area contributed by atoms with Crippen LogP contribution < -0.4 is 9.47 Å². The van der Waals surface area contributed by atoms with Gasteiger partial charge in [0.05, 0.1) is 29.5 Å². The smallest absolute Gasteiger partial charge is 0.141 e. The van der Waals surface area contributed by atoms with Gasteiger partial charge in [-0.2, -0.15) is 5.10 Å². The second-order valence-electron chi connectivity index (χ2n) is 14.6. The largest absolute Gasteiger partial charge is 0.497 e. The predicted octanol–water partition coefficient (Wildman–Crippen LogP) is 11.8. The number of aromatic nitrogens is 4. The van der Waals surface area contributed by atoms with Crippen LogP contribution in [0.15, 0.2) is 109 Å². The van der Waals surface area contributed by atoms with Gasteiger partial charge in [-0.05, 0) is 91.6 Å². The summed E-state index contributed by atoms with van der Waals surface area (Å²) in [5.41, 5.74) is 9.19. The van der Waals surface area contributed by atoms with Gasteiger partial charge >= 0.3 is 0 Å². The molecule has 6 heteroatoms. The summed E-state index contributed by atoms with van der Waals surface area (Å²) < 4.78 is 16.4. The molecule has 7 rings (SSSR count). The van der Waals surface area contributed by atoms with Crippen LogP contribution in [0.2, 0.25) is 0 Å². The zero-order valence-electron chi connectivity index (χ0n) is 30.2. The third-order valence-electron chi connectivity index (χ3n) is 9.73. The highest BCUT2D eigenvalue weighted by molar-refractivity contribution is 6.09. The highest BCUT2D eigenvalue weighted by atomic mass is 16.5. The lowest BCUT2D eigenvalue weighted by atomic mass is 9.86. The van der Waals surface area contributed by atoms with Gasteiger partial charge in [0.1, 0.15) is 23.1 Å². The Kier molecular flexibility index (Phi) is 8.96. The molecule has 4 aromatic carbocycles. The molecule has 6 nitrogen and oxygen atoms in total. The van der Waals surface area contributed by atoms with Crippen LogP contribution in [0.25, 0.3) is 44.4 Å². The molecule has 0 aliphatic rings. The number of ether oxygens (including phenoxy) is 2. The van der Waals surface area contributed by atoms with E-state index in [0.717, 1.165) is 67.7 Å². The van der Waals surface area contributed by atoms with Gasteiger partial charge in [-0.3, -0.25) is 4.57 Å². The lowest BCUT2D eigenvalue weighted by Gasteiger charge is -2.19. The van der Waals surface area contributed by atoms with Crippen molar-refractivity contribution in [2.45, 2.75) is 66.7 Å². The zero-order valence-corrected chi connectivity index (χ0v) is 30.2. The summed E-state index contributed by atoms with van der Waals surface area (Å²) in [4.78, 5) is 4.78. The third-order valence-corrected chi connectivity index (χ3v) is 9.73. The molecular formula is C44H46N4O2. The fourth-order valence-electron chi connectivity index (χ4n) is 7.12. The summed E-state index contributed by atoms with van der Waals surface area (Å²) in [6, 6.07) is 35.7. The number of aryl methyl sites for hydroxylation is 1. The van der Waals surface area contributed by atoms with Gasteiger partial charge in [-0.25, -0.2) is 9.67 Å². The van der Waals surface area contributed by atoms with Crippen molar-refractivity contribution in [2.24, 2.45) is 5.41 Å². The first-order chi connectivity index (χ1) is 24.1. The van der Waals surface area contributed by atoms with Crippen LogP contribution in [-0.2, 0) is 0 Å². The molecule has 254 valence electrons. The van der Waals surface area contributed by atoms with Crippen LogP contribution in [0, 0.1) is 19.3 Å². The quantitative estimate of drug-likeness (QED) is 0.146. The van der Waals surface area contributed by atoms with Crippen molar-refractivity contribution in [2.75, 3.05) is 7.11 Å². The molecular weight excluding hydrogens is 617 g/mol. The Morgan fingerprint density at radius 3 is 2.34 bits per heavy atom. The molecule has 0 radical (unpaired) electrons. The second kappa shape index (κ2) is 13.5. The number of fused-ring (bicyclic) bond motifs is 3. The molecule has 0 fully saturated rings. The van der Waals surface area contributed by atoms with Gasteiger partial charge in [0.2, 0.25) is 0 Å². The Morgan fingerprint density at radius 2 is 1.56 bits per heavy atom. The summed E-state index contributed by atoms with van der Waals surface area (Å²) in [7, 11) is 1.69. The average molecular weight is 663 g/mol. The highest BCUT2D eigenvalue weighted by Crippen LogP contribution is 2.38. The van der Waals surface area contributed by atoms with E-state index in [4.69, 9.17) is 19.6 Å². The Labute approximate surface area is 295 Å². The van der Waals surface area contributed by atoms with Gasteiger partial charge in [0.25, 0.3) is 0 Å². The molecule has 50 heavy (non-hydrogen) atoms. The lowest BCUT2D eigenvalue weighted by molar-refractivity contribution is 0.354. The van der Waals surface area contributed by atoms with E-state index in [0.29, 0.717) is 11.3 Å². The Hall–Kier alpha value is -5.36. The predicted molar refractivity (Wildman–Crippen MR) is 205 cm³/mol. The SMILES string of the molecule is COc1ccnc(-n2c3ccc(C(C)CCCC(C)(C)C)cc3c3ccc(Oc4cccc(-n5nc(C)c(-c6ccccc6)c5C)c4)cc32)c1. The summed E-state index contributed by atoms with van der Waals surface area (Å²) in [5.74, 6) is 3.52. The normalized spacial score (nSPS) is 12.5. The van der Waals surface area contributed by atoms with Gasteiger partial charge in [0.15, 0.2) is 0 Å².